The van der Waals surface area contributed by atoms with Gasteiger partial charge in [0.15, 0.2) is 5.82 Å². The second-order valence-electron chi connectivity index (χ2n) is 4.23. The van der Waals surface area contributed by atoms with Gasteiger partial charge in [-0.1, -0.05) is 50.6 Å². The van der Waals surface area contributed by atoms with Crippen LogP contribution in [0.3, 0.4) is 0 Å². The summed E-state index contributed by atoms with van der Waals surface area (Å²) in [5.74, 6) is 6.24. The Balaban J connectivity index is 2.22. The van der Waals surface area contributed by atoms with E-state index < -0.39 is 0 Å². The number of halogens is 1. The fourth-order valence-corrected chi connectivity index (χ4v) is 1.83. The Hall–Kier alpha value is -1.07. The third-order valence-electron chi connectivity index (χ3n) is 2.70. The van der Waals surface area contributed by atoms with Crippen molar-refractivity contribution in [1.29, 1.82) is 0 Å². The number of aromatic nitrogens is 2. The number of hydrazine groups is 1. The molecule has 0 aliphatic carbocycles. The molecule has 0 atom stereocenters. The van der Waals surface area contributed by atoms with Crippen LogP contribution in [0.1, 0.15) is 45.4 Å². The lowest BCUT2D eigenvalue weighted by atomic mass is 10.1. The molecule has 0 aliphatic rings. The normalized spacial score (nSPS) is 10.4. The first-order valence-corrected chi connectivity index (χ1v) is 6.88. The highest BCUT2D eigenvalue weighted by Crippen LogP contribution is 2.19. The standard InChI is InChI=1S/C12H22ClN5/c1-2-3-4-5-6-7-8-15-11-10(13)9-16-12(17-11)18-14/h9H,2-8,14H2,1H3,(H2,15,16,17,18). The van der Waals surface area contributed by atoms with Crippen LogP contribution in [0, 0.1) is 0 Å². The minimum atomic E-state index is 0.366. The monoisotopic (exact) mass is 271 g/mol. The highest BCUT2D eigenvalue weighted by Gasteiger charge is 2.03. The average molecular weight is 272 g/mol. The van der Waals surface area contributed by atoms with E-state index in [1.807, 2.05) is 0 Å². The van der Waals surface area contributed by atoms with Gasteiger partial charge in [-0.15, -0.1) is 0 Å². The van der Waals surface area contributed by atoms with Gasteiger partial charge in [0.25, 0.3) is 0 Å². The van der Waals surface area contributed by atoms with Crippen molar-refractivity contribution in [1.82, 2.24) is 9.97 Å². The van der Waals surface area contributed by atoms with E-state index in [4.69, 9.17) is 17.4 Å². The van der Waals surface area contributed by atoms with Crippen LogP contribution in [0.4, 0.5) is 11.8 Å². The van der Waals surface area contributed by atoms with E-state index in [9.17, 15) is 0 Å². The first-order valence-electron chi connectivity index (χ1n) is 6.51. The van der Waals surface area contributed by atoms with E-state index in [-0.39, 0.29) is 0 Å². The van der Waals surface area contributed by atoms with Crippen molar-refractivity contribution in [3.05, 3.63) is 11.2 Å². The third-order valence-corrected chi connectivity index (χ3v) is 2.97. The molecule has 1 aromatic heterocycles. The Bertz CT molecular complexity index is 345. The minimum Gasteiger partial charge on any atom is -0.369 e. The molecule has 0 unspecified atom stereocenters. The molecule has 1 aromatic rings. The molecule has 1 heterocycles. The largest absolute Gasteiger partial charge is 0.369 e. The number of hydrogen-bond acceptors (Lipinski definition) is 5. The van der Waals surface area contributed by atoms with Gasteiger partial charge >= 0.3 is 0 Å². The summed E-state index contributed by atoms with van der Waals surface area (Å²) in [7, 11) is 0. The molecule has 5 nitrogen and oxygen atoms in total. The van der Waals surface area contributed by atoms with Crippen LogP contribution in [-0.4, -0.2) is 16.5 Å². The Labute approximate surface area is 114 Å². The SMILES string of the molecule is CCCCCCCCNc1nc(NN)ncc1Cl. The summed E-state index contributed by atoms with van der Waals surface area (Å²) < 4.78 is 0. The summed E-state index contributed by atoms with van der Waals surface area (Å²) in [5, 5.41) is 3.71. The first kappa shape index (κ1) is 15.0. The smallest absolute Gasteiger partial charge is 0.239 e. The van der Waals surface area contributed by atoms with Crippen molar-refractivity contribution in [3.8, 4) is 0 Å². The van der Waals surface area contributed by atoms with Gasteiger partial charge < -0.3 is 5.32 Å². The average Bonchev–Trinajstić information content (AvgIpc) is 2.39. The highest BCUT2D eigenvalue weighted by atomic mass is 35.5. The lowest BCUT2D eigenvalue weighted by molar-refractivity contribution is 0.617. The summed E-state index contributed by atoms with van der Waals surface area (Å²) in [6, 6.07) is 0. The molecule has 18 heavy (non-hydrogen) atoms. The maximum Gasteiger partial charge on any atom is 0.239 e. The Morgan fingerprint density at radius 2 is 1.94 bits per heavy atom. The number of nitrogens with zero attached hydrogens (tertiary/aromatic N) is 2. The zero-order chi connectivity index (χ0) is 13.2. The van der Waals surface area contributed by atoms with Crippen molar-refractivity contribution in [3.63, 3.8) is 0 Å². The van der Waals surface area contributed by atoms with Crippen LogP contribution < -0.4 is 16.6 Å². The van der Waals surface area contributed by atoms with Crippen LogP contribution in [0.25, 0.3) is 0 Å². The Morgan fingerprint density at radius 3 is 2.67 bits per heavy atom. The number of nitrogens with two attached hydrogens (primary N) is 1. The predicted molar refractivity (Wildman–Crippen MR) is 76.7 cm³/mol. The van der Waals surface area contributed by atoms with Gasteiger partial charge in [0.1, 0.15) is 5.02 Å². The molecule has 0 saturated carbocycles. The van der Waals surface area contributed by atoms with Gasteiger partial charge in [0, 0.05) is 6.54 Å². The Kier molecular flexibility index (Phi) is 7.44. The molecular formula is C12H22ClN5. The zero-order valence-corrected chi connectivity index (χ0v) is 11.6. The molecule has 4 N–H and O–H groups in total. The molecule has 0 radical (unpaired) electrons. The summed E-state index contributed by atoms with van der Waals surface area (Å²) in [6.45, 7) is 3.09. The number of rotatable bonds is 9. The van der Waals surface area contributed by atoms with Crippen molar-refractivity contribution in [2.24, 2.45) is 5.84 Å². The summed E-state index contributed by atoms with van der Waals surface area (Å²) in [6.07, 6.45) is 9.12. The lowest BCUT2D eigenvalue weighted by Crippen LogP contribution is -2.12. The quantitative estimate of drug-likeness (QED) is 0.365. The molecule has 0 fully saturated rings. The summed E-state index contributed by atoms with van der Waals surface area (Å²) >= 11 is 5.98. The number of unbranched alkanes of at least 4 members (excludes halogenated alkanes) is 5. The molecule has 0 bridgehead atoms. The minimum absolute atomic E-state index is 0.366. The molecule has 0 spiro atoms. The van der Waals surface area contributed by atoms with Crippen molar-refractivity contribution >= 4 is 23.4 Å². The molecule has 1 rings (SSSR count). The van der Waals surface area contributed by atoms with Gasteiger partial charge in [0.05, 0.1) is 6.20 Å². The van der Waals surface area contributed by atoms with E-state index in [0.717, 1.165) is 13.0 Å². The van der Waals surface area contributed by atoms with Crippen molar-refractivity contribution in [2.45, 2.75) is 45.4 Å². The van der Waals surface area contributed by atoms with E-state index in [1.165, 1.54) is 38.3 Å². The predicted octanol–water partition coefficient (Wildman–Crippen LogP) is 3.19. The van der Waals surface area contributed by atoms with E-state index in [1.54, 1.807) is 0 Å². The van der Waals surface area contributed by atoms with Crippen LogP contribution in [0.15, 0.2) is 6.20 Å². The number of anilines is 2. The van der Waals surface area contributed by atoms with E-state index in [0.29, 0.717) is 16.8 Å². The molecule has 0 amide bonds. The number of hydrogen-bond donors (Lipinski definition) is 3. The maximum atomic E-state index is 5.98. The van der Waals surface area contributed by atoms with E-state index in [2.05, 4.69) is 27.6 Å². The van der Waals surface area contributed by atoms with Gasteiger partial charge in [-0.3, -0.25) is 5.43 Å². The molecule has 0 aromatic carbocycles. The molecular weight excluding hydrogens is 250 g/mol. The van der Waals surface area contributed by atoms with Gasteiger partial charge in [-0.05, 0) is 6.42 Å². The van der Waals surface area contributed by atoms with E-state index >= 15 is 0 Å². The van der Waals surface area contributed by atoms with Gasteiger partial charge in [-0.2, -0.15) is 4.98 Å². The summed E-state index contributed by atoms with van der Waals surface area (Å²) in [5.41, 5.74) is 2.40. The van der Waals surface area contributed by atoms with Crippen molar-refractivity contribution < 1.29 is 0 Å². The molecule has 0 saturated heterocycles. The van der Waals surface area contributed by atoms with Crippen molar-refractivity contribution in [2.75, 3.05) is 17.3 Å². The van der Waals surface area contributed by atoms with Crippen LogP contribution >= 0.6 is 11.6 Å². The third kappa shape index (κ3) is 5.51. The van der Waals surface area contributed by atoms with Crippen LogP contribution in [0.2, 0.25) is 5.02 Å². The molecule has 0 aliphatic heterocycles. The number of nitrogens with one attached hydrogen (secondary N) is 2. The fraction of sp³-hybridized carbons (Fsp3) is 0.667. The second kappa shape index (κ2) is 8.94. The Morgan fingerprint density at radius 1 is 1.22 bits per heavy atom. The van der Waals surface area contributed by atoms with Gasteiger partial charge in [0.2, 0.25) is 5.95 Å². The summed E-state index contributed by atoms with van der Waals surface area (Å²) in [4.78, 5) is 8.06. The molecule has 6 heteroatoms. The zero-order valence-electron chi connectivity index (χ0n) is 10.9. The van der Waals surface area contributed by atoms with Crippen LogP contribution in [0.5, 0.6) is 0 Å². The fourth-order valence-electron chi connectivity index (χ4n) is 1.67. The maximum absolute atomic E-state index is 5.98. The molecule has 102 valence electrons. The number of nitrogen functional groups attached to an aromatic ring is 1. The highest BCUT2D eigenvalue weighted by molar-refractivity contribution is 6.32. The topological polar surface area (TPSA) is 75.9 Å². The second-order valence-corrected chi connectivity index (χ2v) is 4.64. The first-order chi connectivity index (χ1) is 8.77. The van der Waals surface area contributed by atoms with Crippen LogP contribution in [-0.2, 0) is 0 Å². The van der Waals surface area contributed by atoms with Gasteiger partial charge in [-0.25, -0.2) is 10.8 Å². The lowest BCUT2D eigenvalue weighted by Gasteiger charge is -2.08.